The van der Waals surface area contributed by atoms with E-state index in [9.17, 15) is 4.79 Å². The smallest absolute Gasteiger partial charge is 0.264 e. The molecular weight excluding hydrogens is 394 g/mol. The molecule has 0 N–H and O–H groups in total. The average Bonchev–Trinajstić information content (AvgIpc) is 3.41. The molecule has 0 bridgehead atoms. The summed E-state index contributed by atoms with van der Waals surface area (Å²) in [5, 5.41) is 3.10. The fraction of sp³-hybridized carbons (Fsp3) is 0.417. The molecular formula is C24H29N3O2S. The lowest BCUT2D eigenvalue weighted by Crippen LogP contribution is -2.34. The maximum absolute atomic E-state index is 13.3. The standard InChI is InChI=1S/C24H29N3O2S/c1-17-6-7-21-19(14-17)15-20(23(25-21)26-9-4-5-10-26)16-27(11-12-29-3)24(28)22-18(2)8-13-30-22/h6-8,13-15H,4-5,9-12,16H2,1-3H3. The van der Waals surface area contributed by atoms with Crippen molar-refractivity contribution in [1.82, 2.24) is 9.88 Å². The van der Waals surface area contributed by atoms with Crippen LogP contribution in [0.15, 0.2) is 35.7 Å². The highest BCUT2D eigenvalue weighted by molar-refractivity contribution is 7.12. The van der Waals surface area contributed by atoms with Crippen molar-refractivity contribution in [3.8, 4) is 0 Å². The van der Waals surface area contributed by atoms with Crippen LogP contribution in [0, 0.1) is 13.8 Å². The molecule has 1 saturated heterocycles. The lowest BCUT2D eigenvalue weighted by Gasteiger charge is -2.26. The molecule has 2 aromatic heterocycles. The monoisotopic (exact) mass is 423 g/mol. The minimum Gasteiger partial charge on any atom is -0.383 e. The van der Waals surface area contributed by atoms with E-state index >= 15 is 0 Å². The summed E-state index contributed by atoms with van der Waals surface area (Å²) in [5.41, 5.74) is 4.36. The molecule has 0 aliphatic carbocycles. The first kappa shape index (κ1) is 20.8. The number of hydrogen-bond donors (Lipinski definition) is 0. The number of anilines is 1. The highest BCUT2D eigenvalue weighted by Gasteiger charge is 2.23. The van der Waals surface area contributed by atoms with Gasteiger partial charge in [0.05, 0.1) is 17.0 Å². The van der Waals surface area contributed by atoms with Crippen molar-refractivity contribution in [2.24, 2.45) is 0 Å². The third-order valence-electron chi connectivity index (χ3n) is 5.70. The number of ether oxygens (including phenoxy) is 1. The van der Waals surface area contributed by atoms with Crippen LogP contribution in [-0.2, 0) is 11.3 Å². The highest BCUT2D eigenvalue weighted by Crippen LogP contribution is 2.29. The van der Waals surface area contributed by atoms with Gasteiger partial charge in [0.2, 0.25) is 0 Å². The van der Waals surface area contributed by atoms with Crippen LogP contribution >= 0.6 is 11.3 Å². The number of methoxy groups -OCH3 is 1. The molecule has 1 aliphatic heterocycles. The Labute approximate surface area is 182 Å². The van der Waals surface area contributed by atoms with Crippen molar-refractivity contribution in [3.63, 3.8) is 0 Å². The van der Waals surface area contributed by atoms with E-state index in [0.717, 1.165) is 45.8 Å². The highest BCUT2D eigenvalue weighted by atomic mass is 32.1. The summed E-state index contributed by atoms with van der Waals surface area (Å²) in [5.74, 6) is 1.08. The summed E-state index contributed by atoms with van der Waals surface area (Å²) in [6, 6.07) is 10.6. The molecule has 3 aromatic rings. The van der Waals surface area contributed by atoms with E-state index in [2.05, 4.69) is 36.1 Å². The number of aromatic nitrogens is 1. The van der Waals surface area contributed by atoms with Crippen LogP contribution in [0.25, 0.3) is 10.9 Å². The molecule has 0 spiro atoms. The van der Waals surface area contributed by atoms with Gasteiger partial charge in [-0.15, -0.1) is 11.3 Å². The van der Waals surface area contributed by atoms with Crippen molar-refractivity contribution >= 4 is 34.0 Å². The Morgan fingerprint density at radius 2 is 2.00 bits per heavy atom. The van der Waals surface area contributed by atoms with Gasteiger partial charge in [0.15, 0.2) is 0 Å². The van der Waals surface area contributed by atoms with Crippen LogP contribution in [0.3, 0.4) is 0 Å². The number of benzene rings is 1. The zero-order valence-electron chi connectivity index (χ0n) is 18.0. The SMILES string of the molecule is COCCN(Cc1cc2cc(C)ccc2nc1N1CCCC1)C(=O)c1sccc1C. The lowest BCUT2D eigenvalue weighted by molar-refractivity contribution is 0.0684. The minimum atomic E-state index is 0.0660. The van der Waals surface area contributed by atoms with E-state index in [0.29, 0.717) is 19.7 Å². The van der Waals surface area contributed by atoms with E-state index in [4.69, 9.17) is 9.72 Å². The molecule has 0 atom stereocenters. The number of fused-ring (bicyclic) bond motifs is 1. The molecule has 30 heavy (non-hydrogen) atoms. The summed E-state index contributed by atoms with van der Waals surface area (Å²) in [7, 11) is 1.68. The predicted octanol–water partition coefficient (Wildman–Crippen LogP) is 4.80. The second kappa shape index (κ2) is 9.14. The number of aryl methyl sites for hydroxylation is 2. The zero-order valence-corrected chi connectivity index (χ0v) is 18.8. The number of amides is 1. The number of thiophene rings is 1. The Balaban J connectivity index is 1.73. The number of carbonyl (C=O) groups excluding carboxylic acids is 1. The van der Waals surface area contributed by atoms with Gasteiger partial charge in [-0.1, -0.05) is 11.6 Å². The topological polar surface area (TPSA) is 45.7 Å². The third kappa shape index (κ3) is 4.35. The molecule has 4 rings (SSSR count). The van der Waals surface area contributed by atoms with E-state index in [-0.39, 0.29) is 5.91 Å². The van der Waals surface area contributed by atoms with E-state index < -0.39 is 0 Å². The summed E-state index contributed by atoms with van der Waals surface area (Å²) in [6.07, 6.45) is 2.38. The Kier molecular flexibility index (Phi) is 6.35. The molecule has 1 fully saturated rings. The van der Waals surface area contributed by atoms with Crippen molar-refractivity contribution in [3.05, 3.63) is 57.3 Å². The lowest BCUT2D eigenvalue weighted by atomic mass is 10.1. The maximum Gasteiger partial charge on any atom is 0.264 e. The molecule has 0 radical (unpaired) electrons. The second-order valence-electron chi connectivity index (χ2n) is 8.01. The van der Waals surface area contributed by atoms with Crippen molar-refractivity contribution in [2.75, 3.05) is 38.3 Å². The van der Waals surface area contributed by atoms with E-state index in [1.54, 1.807) is 7.11 Å². The van der Waals surface area contributed by atoms with Crippen LogP contribution in [-0.4, -0.2) is 49.1 Å². The number of pyridine rings is 1. The van der Waals surface area contributed by atoms with Crippen LogP contribution in [0.4, 0.5) is 5.82 Å². The van der Waals surface area contributed by atoms with Gasteiger partial charge in [-0.25, -0.2) is 4.98 Å². The molecule has 0 unspecified atom stereocenters. The summed E-state index contributed by atoms with van der Waals surface area (Å²) in [4.78, 5) is 23.4. The first-order valence-electron chi connectivity index (χ1n) is 10.5. The molecule has 6 heteroatoms. The average molecular weight is 424 g/mol. The molecule has 5 nitrogen and oxygen atoms in total. The first-order chi connectivity index (χ1) is 14.6. The van der Waals surface area contributed by atoms with Crippen LogP contribution in [0.1, 0.15) is 39.2 Å². The van der Waals surface area contributed by atoms with Crippen molar-refractivity contribution < 1.29 is 9.53 Å². The number of rotatable bonds is 7. The second-order valence-corrected chi connectivity index (χ2v) is 8.93. The van der Waals surface area contributed by atoms with E-state index in [1.165, 1.54) is 29.7 Å². The van der Waals surface area contributed by atoms with Crippen LogP contribution < -0.4 is 4.90 Å². The van der Waals surface area contributed by atoms with Gasteiger partial charge in [0.25, 0.3) is 5.91 Å². The van der Waals surface area contributed by atoms with Gasteiger partial charge in [-0.2, -0.15) is 0 Å². The zero-order chi connectivity index (χ0) is 21.1. The predicted molar refractivity (Wildman–Crippen MR) is 124 cm³/mol. The Bertz CT molecular complexity index is 1040. The Hall–Kier alpha value is -2.44. The Morgan fingerprint density at radius 1 is 1.20 bits per heavy atom. The molecule has 1 aliphatic rings. The summed E-state index contributed by atoms with van der Waals surface area (Å²) >= 11 is 1.51. The van der Waals surface area contributed by atoms with Crippen LogP contribution in [0.2, 0.25) is 0 Å². The fourth-order valence-corrected chi connectivity index (χ4v) is 4.94. The van der Waals surface area contributed by atoms with Gasteiger partial charge in [0, 0.05) is 44.2 Å². The van der Waals surface area contributed by atoms with Gasteiger partial charge < -0.3 is 14.5 Å². The van der Waals surface area contributed by atoms with Crippen molar-refractivity contribution in [2.45, 2.75) is 33.2 Å². The molecule has 1 aromatic carbocycles. The summed E-state index contributed by atoms with van der Waals surface area (Å²) < 4.78 is 5.31. The number of hydrogen-bond acceptors (Lipinski definition) is 5. The van der Waals surface area contributed by atoms with Crippen LogP contribution in [0.5, 0.6) is 0 Å². The quantitative estimate of drug-likeness (QED) is 0.547. The molecule has 158 valence electrons. The number of carbonyl (C=O) groups is 1. The first-order valence-corrected chi connectivity index (χ1v) is 11.4. The fourth-order valence-electron chi connectivity index (χ4n) is 4.04. The summed E-state index contributed by atoms with van der Waals surface area (Å²) in [6.45, 7) is 7.73. The van der Waals surface area contributed by atoms with Gasteiger partial charge in [-0.3, -0.25) is 4.79 Å². The largest absolute Gasteiger partial charge is 0.383 e. The van der Waals surface area contributed by atoms with E-state index in [1.807, 2.05) is 23.3 Å². The molecule has 3 heterocycles. The minimum absolute atomic E-state index is 0.0660. The van der Waals surface area contributed by atoms with Gasteiger partial charge >= 0.3 is 0 Å². The molecule has 1 amide bonds. The van der Waals surface area contributed by atoms with Gasteiger partial charge in [0.1, 0.15) is 5.82 Å². The third-order valence-corrected chi connectivity index (χ3v) is 6.71. The maximum atomic E-state index is 13.3. The Morgan fingerprint density at radius 3 is 2.70 bits per heavy atom. The molecule has 0 saturated carbocycles. The van der Waals surface area contributed by atoms with Gasteiger partial charge in [-0.05, 0) is 61.9 Å². The normalized spacial score (nSPS) is 13.9. The number of nitrogens with zero attached hydrogens (tertiary/aromatic N) is 3. The van der Waals surface area contributed by atoms with Crippen molar-refractivity contribution in [1.29, 1.82) is 0 Å².